The number of hydrogen-bond acceptors (Lipinski definition) is 18. The van der Waals surface area contributed by atoms with Gasteiger partial charge in [0.05, 0.1) is 62.3 Å². The molecule has 3 aliphatic heterocycles. The van der Waals surface area contributed by atoms with E-state index in [9.17, 15) is 36.6 Å². The fourth-order valence-electron chi connectivity index (χ4n) is 7.26. The molecule has 334 valence electrons. The van der Waals surface area contributed by atoms with Crippen LogP contribution in [0.4, 0.5) is 4.39 Å². The van der Waals surface area contributed by atoms with Crippen LogP contribution in [-0.4, -0.2) is 175 Å². The second-order valence-corrected chi connectivity index (χ2v) is 14.2. The van der Waals surface area contributed by atoms with Gasteiger partial charge in [0.1, 0.15) is 48.8 Å². The minimum absolute atomic E-state index is 0.0546. The average molecular weight is 860 g/mol. The van der Waals surface area contributed by atoms with E-state index in [1.807, 2.05) is 13.8 Å². The Hall–Kier alpha value is -4.04. The van der Waals surface area contributed by atoms with Gasteiger partial charge in [0.2, 0.25) is 0 Å². The smallest absolute Gasteiger partial charge is 0.187 e. The molecule has 0 unspecified atom stereocenters. The summed E-state index contributed by atoms with van der Waals surface area (Å²) < 4.78 is 64.3. The Labute approximate surface area is 340 Å². The number of alkyl halides is 1. The molecule has 0 amide bonds. The maximum atomic E-state index is 16.6. The summed E-state index contributed by atoms with van der Waals surface area (Å²) in [7, 11) is 0. The summed E-state index contributed by atoms with van der Waals surface area (Å²) in [5.41, 5.74) is 45.9. The number of ether oxygens (including phenoxy) is 8. The second kappa shape index (κ2) is 24.4. The summed E-state index contributed by atoms with van der Waals surface area (Å²) in [4.78, 5) is 13.6. The van der Waals surface area contributed by atoms with Gasteiger partial charge < -0.3 is 63.4 Å². The zero-order valence-electron chi connectivity index (χ0n) is 32.6. The van der Waals surface area contributed by atoms with Gasteiger partial charge in [0.15, 0.2) is 25.0 Å². The van der Waals surface area contributed by atoms with Crippen LogP contribution in [0.15, 0.2) is 25.6 Å². The summed E-state index contributed by atoms with van der Waals surface area (Å²) >= 11 is 0. The number of aliphatic hydroxyl groups excluding tert-OH is 5. The van der Waals surface area contributed by atoms with Crippen molar-refractivity contribution in [2.45, 2.75) is 162 Å². The van der Waals surface area contributed by atoms with E-state index in [1.165, 1.54) is 0 Å². The van der Waals surface area contributed by atoms with Crippen LogP contribution < -0.4 is 0 Å². The predicted molar refractivity (Wildman–Crippen MR) is 197 cm³/mol. The molecule has 3 saturated heterocycles. The summed E-state index contributed by atoms with van der Waals surface area (Å²) in [6.45, 7) is 2.28. The highest BCUT2D eigenvalue weighted by molar-refractivity contribution is 5.04. The minimum Gasteiger partial charge on any atom is -0.394 e. The first kappa shape index (κ1) is 48.6. The van der Waals surface area contributed by atoms with Crippen molar-refractivity contribution in [1.29, 1.82) is 0 Å². The number of azide groups is 5. The number of aliphatic hydroxyl groups is 5. The SMILES string of the molecule is CCCCO[C@H]1[C@@H](O[C@H]2[C@H](O[C@@H]3O[C@H](CO)[C@@H](O[C@H]4O[C@@H](CN=[N+]=[N-])[C@@H](O)[C@H](O)[C@H]4N=[N+]=[N-])[C@H]3O)[C@@H](O)[C@H](N=[N+]=[N-])C[C@@H]2N=[N+]=[N-])O[C@H](CN=[N+]=[N-])[C@@H](OCCCC)[C@@H]1F. The third-order valence-electron chi connectivity index (χ3n) is 10.4. The number of rotatable bonds is 22. The maximum absolute atomic E-state index is 16.6. The summed E-state index contributed by atoms with van der Waals surface area (Å²) in [6.07, 6.45) is -23.9. The fraction of sp³-hybridized carbons (Fsp3) is 1.00. The van der Waals surface area contributed by atoms with E-state index < -0.39 is 130 Å². The number of unbranched alkanes of at least 4 members (excludes halogenated alkanes) is 2. The van der Waals surface area contributed by atoms with Gasteiger partial charge in [-0.15, -0.1) is 0 Å². The Morgan fingerprint density at radius 3 is 1.73 bits per heavy atom. The zero-order chi connectivity index (χ0) is 43.8. The van der Waals surface area contributed by atoms with Gasteiger partial charge in [-0.3, -0.25) is 0 Å². The molecule has 1 saturated carbocycles. The lowest BCUT2D eigenvalue weighted by atomic mass is 9.84. The van der Waals surface area contributed by atoms with E-state index in [-0.39, 0.29) is 26.2 Å². The molecule has 0 spiro atoms. The van der Waals surface area contributed by atoms with Crippen molar-refractivity contribution < 1.29 is 67.8 Å². The third-order valence-corrected chi connectivity index (χ3v) is 10.4. The Morgan fingerprint density at radius 1 is 0.583 bits per heavy atom. The highest BCUT2D eigenvalue weighted by Crippen LogP contribution is 2.38. The third kappa shape index (κ3) is 11.9. The van der Waals surface area contributed by atoms with Crippen LogP contribution in [0.5, 0.6) is 0 Å². The van der Waals surface area contributed by atoms with E-state index in [4.69, 9.17) is 54.5 Å². The van der Waals surface area contributed by atoms with Gasteiger partial charge in [-0.05, 0) is 46.9 Å². The van der Waals surface area contributed by atoms with Crippen LogP contribution in [0.2, 0.25) is 0 Å². The molecule has 4 rings (SSSR count). The lowest BCUT2D eigenvalue weighted by Gasteiger charge is -2.47. The molecule has 0 aromatic rings. The molecule has 28 nitrogen and oxygen atoms in total. The largest absolute Gasteiger partial charge is 0.394 e. The monoisotopic (exact) mass is 859 g/mol. The van der Waals surface area contributed by atoms with E-state index in [2.05, 4.69) is 50.1 Å². The van der Waals surface area contributed by atoms with Gasteiger partial charge >= 0.3 is 0 Å². The van der Waals surface area contributed by atoms with Gasteiger partial charge in [-0.25, -0.2) is 4.39 Å². The van der Waals surface area contributed by atoms with Crippen LogP contribution in [0.1, 0.15) is 46.0 Å². The molecule has 1 aliphatic carbocycles. The van der Waals surface area contributed by atoms with Crippen molar-refractivity contribution in [3.63, 3.8) is 0 Å². The van der Waals surface area contributed by atoms with Crippen molar-refractivity contribution in [2.75, 3.05) is 32.9 Å². The molecule has 0 aromatic carbocycles. The molecule has 60 heavy (non-hydrogen) atoms. The van der Waals surface area contributed by atoms with E-state index in [1.54, 1.807) is 0 Å². The topological polar surface area (TPSA) is 419 Å². The molecule has 0 bridgehead atoms. The predicted octanol–water partition coefficient (Wildman–Crippen LogP) is 2.52. The zero-order valence-corrected chi connectivity index (χ0v) is 32.6. The first-order valence-corrected chi connectivity index (χ1v) is 19.3. The molecule has 5 N–H and O–H groups in total. The first-order valence-electron chi connectivity index (χ1n) is 19.3. The van der Waals surface area contributed by atoms with Crippen LogP contribution in [0, 0.1) is 0 Å². The number of halogens is 1. The van der Waals surface area contributed by atoms with Crippen LogP contribution in [0.25, 0.3) is 52.2 Å². The van der Waals surface area contributed by atoms with Crippen molar-refractivity contribution in [3.05, 3.63) is 52.2 Å². The van der Waals surface area contributed by atoms with Gasteiger partial charge in [-0.2, -0.15) is 0 Å². The fourth-order valence-corrected chi connectivity index (χ4v) is 7.26. The van der Waals surface area contributed by atoms with Gasteiger partial charge in [0, 0.05) is 37.8 Å². The van der Waals surface area contributed by atoms with E-state index in [0.29, 0.717) is 19.3 Å². The van der Waals surface area contributed by atoms with Crippen LogP contribution >= 0.6 is 0 Å². The Morgan fingerprint density at radius 2 is 1.13 bits per heavy atom. The van der Waals surface area contributed by atoms with Crippen LogP contribution in [-0.2, 0) is 37.9 Å². The Balaban J connectivity index is 1.68. The molecule has 19 atom stereocenters. The average Bonchev–Trinajstić information content (AvgIpc) is 3.53. The molecule has 0 radical (unpaired) electrons. The lowest BCUT2D eigenvalue weighted by molar-refractivity contribution is -0.332. The molecular formula is C31H50FN15O13. The Kier molecular flexibility index (Phi) is 19.8. The maximum Gasteiger partial charge on any atom is 0.187 e. The van der Waals surface area contributed by atoms with Gasteiger partial charge in [-0.1, -0.05) is 52.3 Å². The molecule has 3 heterocycles. The molecule has 29 heteroatoms. The number of hydrogen-bond donors (Lipinski definition) is 5. The van der Waals surface area contributed by atoms with Crippen molar-refractivity contribution in [1.82, 2.24) is 0 Å². The summed E-state index contributed by atoms with van der Waals surface area (Å²) in [5, 5.41) is 72.4. The normalized spacial score (nSPS) is 40.2. The van der Waals surface area contributed by atoms with Crippen molar-refractivity contribution >= 4 is 0 Å². The van der Waals surface area contributed by atoms with E-state index in [0.717, 1.165) is 6.42 Å². The first-order chi connectivity index (χ1) is 29.0. The summed E-state index contributed by atoms with van der Waals surface area (Å²) in [5.74, 6) is 0. The minimum atomic E-state index is -1.93. The quantitative estimate of drug-likeness (QED) is 0.0453. The highest BCUT2D eigenvalue weighted by atomic mass is 19.1. The molecule has 4 fully saturated rings. The van der Waals surface area contributed by atoms with Gasteiger partial charge in [0.25, 0.3) is 0 Å². The van der Waals surface area contributed by atoms with Crippen molar-refractivity contribution in [2.24, 2.45) is 25.6 Å². The molecule has 0 aromatic heterocycles. The standard InChI is InChI=1S/C31H50FN15O13/c1-3-5-7-53-25-16(11-39-44-34)56-31(27(18(25)32)54-8-6-4-2)58-24-14(41-46-36)9-13(40-45-35)20(49)28(24)60-30-23(52)26(17(12-48)57-30)59-29-19(42-47-37)22(51)21(50)15(55-29)10-38-43-33/h13-31,48-52H,3-12H2,1-2H3/t13-,14+,15+,16-,17-,18+,19-,20+,21-,22-,23-,24-,25-,26-,27-,28-,29-,30+,31-/m1/s1. The van der Waals surface area contributed by atoms with Crippen molar-refractivity contribution in [3.8, 4) is 0 Å². The molecular weight excluding hydrogens is 809 g/mol. The Bertz CT molecular complexity index is 1620. The highest BCUT2D eigenvalue weighted by Gasteiger charge is 2.56. The lowest BCUT2D eigenvalue weighted by Crippen LogP contribution is -2.64. The van der Waals surface area contributed by atoms with E-state index >= 15 is 4.39 Å². The number of nitrogens with zero attached hydrogens (tertiary/aromatic N) is 15. The summed E-state index contributed by atoms with van der Waals surface area (Å²) in [6, 6.07) is -4.29. The molecule has 4 aliphatic rings. The van der Waals surface area contributed by atoms with Crippen LogP contribution in [0.3, 0.4) is 0 Å². The second-order valence-electron chi connectivity index (χ2n) is 14.2.